The van der Waals surface area contributed by atoms with E-state index in [2.05, 4.69) is 5.32 Å². The standard InChI is InChI=1S/C14H24N2O5/c1-10(8-13(18)19)7-12(17)15-14(20)16(2)5-6-21-9-11-3-4-11/h10-11H,3-9H2,1-2H3,(H,18,19)(H,15,17,20). The van der Waals surface area contributed by atoms with Crippen LogP contribution in [0.25, 0.3) is 0 Å². The summed E-state index contributed by atoms with van der Waals surface area (Å²) in [6.07, 6.45) is 2.37. The van der Waals surface area contributed by atoms with E-state index in [1.807, 2.05) is 0 Å². The molecule has 1 atom stereocenters. The highest BCUT2D eigenvalue weighted by molar-refractivity contribution is 5.94. The van der Waals surface area contributed by atoms with Crippen molar-refractivity contribution in [2.45, 2.75) is 32.6 Å². The Morgan fingerprint density at radius 2 is 2.00 bits per heavy atom. The summed E-state index contributed by atoms with van der Waals surface area (Å²) >= 11 is 0. The molecule has 0 saturated heterocycles. The molecule has 1 unspecified atom stereocenters. The largest absolute Gasteiger partial charge is 0.481 e. The number of carboxylic acids is 1. The van der Waals surface area contributed by atoms with Gasteiger partial charge in [0, 0.05) is 33.0 Å². The number of aliphatic carboxylic acids is 1. The minimum atomic E-state index is -0.952. The molecule has 0 heterocycles. The van der Waals surface area contributed by atoms with Gasteiger partial charge in [0.25, 0.3) is 0 Å². The van der Waals surface area contributed by atoms with Crippen molar-refractivity contribution in [2.75, 3.05) is 26.8 Å². The van der Waals surface area contributed by atoms with Gasteiger partial charge < -0.3 is 14.7 Å². The first-order valence-corrected chi connectivity index (χ1v) is 7.23. The smallest absolute Gasteiger partial charge is 0.323 e. The summed E-state index contributed by atoms with van der Waals surface area (Å²) in [7, 11) is 1.59. The zero-order valence-electron chi connectivity index (χ0n) is 12.6. The fourth-order valence-electron chi connectivity index (χ4n) is 1.79. The Bertz CT molecular complexity index is 382. The van der Waals surface area contributed by atoms with E-state index < -0.39 is 17.9 Å². The third-order valence-electron chi connectivity index (χ3n) is 3.27. The average molecular weight is 300 g/mol. The summed E-state index contributed by atoms with van der Waals surface area (Å²) in [4.78, 5) is 35.2. The lowest BCUT2D eigenvalue weighted by Crippen LogP contribution is -2.42. The number of imide groups is 1. The van der Waals surface area contributed by atoms with E-state index >= 15 is 0 Å². The number of likely N-dealkylation sites (N-methyl/N-ethyl adjacent to an activating group) is 1. The molecule has 7 nitrogen and oxygen atoms in total. The second-order valence-corrected chi connectivity index (χ2v) is 5.70. The monoisotopic (exact) mass is 300 g/mol. The Labute approximate surface area is 124 Å². The predicted octanol–water partition coefficient (Wildman–Crippen LogP) is 1.08. The third-order valence-corrected chi connectivity index (χ3v) is 3.27. The van der Waals surface area contributed by atoms with Crippen molar-refractivity contribution in [2.24, 2.45) is 11.8 Å². The first-order valence-electron chi connectivity index (χ1n) is 7.23. The lowest BCUT2D eigenvalue weighted by Gasteiger charge is -2.18. The minimum Gasteiger partial charge on any atom is -0.481 e. The highest BCUT2D eigenvalue weighted by atomic mass is 16.5. The Morgan fingerprint density at radius 3 is 2.57 bits per heavy atom. The van der Waals surface area contributed by atoms with Gasteiger partial charge in [-0.3, -0.25) is 14.9 Å². The fourth-order valence-corrected chi connectivity index (χ4v) is 1.79. The Morgan fingerprint density at radius 1 is 1.33 bits per heavy atom. The number of carbonyl (C=O) groups is 3. The van der Waals surface area contributed by atoms with Crippen molar-refractivity contribution in [3.05, 3.63) is 0 Å². The molecule has 7 heteroatoms. The molecule has 1 aliphatic carbocycles. The number of carboxylic acid groups (broad SMARTS) is 1. The predicted molar refractivity (Wildman–Crippen MR) is 75.7 cm³/mol. The number of carbonyl (C=O) groups excluding carboxylic acids is 2. The highest BCUT2D eigenvalue weighted by Crippen LogP contribution is 2.28. The van der Waals surface area contributed by atoms with Gasteiger partial charge in [0.2, 0.25) is 5.91 Å². The first-order chi connectivity index (χ1) is 9.88. The number of urea groups is 1. The zero-order chi connectivity index (χ0) is 15.8. The van der Waals surface area contributed by atoms with Crippen molar-refractivity contribution < 1.29 is 24.2 Å². The molecule has 0 aromatic rings. The lowest BCUT2D eigenvalue weighted by molar-refractivity contribution is -0.138. The van der Waals surface area contributed by atoms with Crippen LogP contribution in [0.1, 0.15) is 32.6 Å². The molecule has 0 aliphatic heterocycles. The summed E-state index contributed by atoms with van der Waals surface area (Å²) in [5.41, 5.74) is 0. The summed E-state index contributed by atoms with van der Waals surface area (Å²) in [5, 5.41) is 10.9. The molecule has 1 aliphatic rings. The fraction of sp³-hybridized carbons (Fsp3) is 0.786. The van der Waals surface area contributed by atoms with E-state index in [0.717, 1.165) is 6.61 Å². The molecule has 1 fully saturated rings. The Hall–Kier alpha value is -1.63. The third kappa shape index (κ3) is 8.29. The zero-order valence-corrected chi connectivity index (χ0v) is 12.6. The Kier molecular flexibility index (Phi) is 7.14. The van der Waals surface area contributed by atoms with Crippen LogP contribution in [0, 0.1) is 11.8 Å². The van der Waals surface area contributed by atoms with Crippen molar-refractivity contribution in [1.82, 2.24) is 10.2 Å². The van der Waals surface area contributed by atoms with Gasteiger partial charge in [0.05, 0.1) is 6.61 Å². The van der Waals surface area contributed by atoms with E-state index in [-0.39, 0.29) is 18.8 Å². The van der Waals surface area contributed by atoms with E-state index in [0.29, 0.717) is 19.1 Å². The molecule has 0 bridgehead atoms. The SMILES string of the molecule is CC(CC(=O)O)CC(=O)NC(=O)N(C)CCOCC1CC1. The number of rotatable bonds is 9. The molecule has 0 spiro atoms. The molecule has 120 valence electrons. The molecule has 0 aromatic carbocycles. The summed E-state index contributed by atoms with van der Waals surface area (Å²) in [6.45, 7) is 3.26. The maximum Gasteiger partial charge on any atom is 0.323 e. The number of hydrogen-bond acceptors (Lipinski definition) is 4. The Balaban J connectivity index is 2.14. The van der Waals surface area contributed by atoms with Crippen LogP contribution in [0.5, 0.6) is 0 Å². The highest BCUT2D eigenvalue weighted by Gasteiger charge is 2.21. The molecule has 1 rings (SSSR count). The summed E-state index contributed by atoms with van der Waals surface area (Å²) in [5.74, 6) is -1.03. The minimum absolute atomic E-state index is 0.0179. The molecule has 0 radical (unpaired) electrons. The average Bonchev–Trinajstić information content (AvgIpc) is 3.16. The quantitative estimate of drug-likeness (QED) is 0.621. The molecular weight excluding hydrogens is 276 g/mol. The van der Waals surface area contributed by atoms with E-state index in [9.17, 15) is 14.4 Å². The van der Waals surface area contributed by atoms with E-state index in [1.165, 1.54) is 17.7 Å². The molecular formula is C14H24N2O5. The van der Waals surface area contributed by atoms with Crippen LogP contribution < -0.4 is 5.32 Å². The topological polar surface area (TPSA) is 95.9 Å². The van der Waals surface area contributed by atoms with Gasteiger partial charge in [-0.1, -0.05) is 6.92 Å². The van der Waals surface area contributed by atoms with Crippen LogP contribution >= 0.6 is 0 Å². The molecule has 3 amide bonds. The van der Waals surface area contributed by atoms with Gasteiger partial charge >= 0.3 is 12.0 Å². The van der Waals surface area contributed by atoms with Gasteiger partial charge in [-0.05, 0) is 24.7 Å². The molecule has 2 N–H and O–H groups in total. The van der Waals surface area contributed by atoms with E-state index in [1.54, 1.807) is 14.0 Å². The van der Waals surface area contributed by atoms with Crippen molar-refractivity contribution >= 4 is 17.9 Å². The maximum absolute atomic E-state index is 11.7. The van der Waals surface area contributed by atoms with Crippen molar-refractivity contribution in [3.63, 3.8) is 0 Å². The maximum atomic E-state index is 11.7. The molecule has 1 saturated carbocycles. The molecule has 21 heavy (non-hydrogen) atoms. The van der Waals surface area contributed by atoms with Crippen LogP contribution in [-0.2, 0) is 14.3 Å². The number of amides is 3. The van der Waals surface area contributed by atoms with E-state index in [4.69, 9.17) is 9.84 Å². The number of ether oxygens (including phenoxy) is 1. The number of nitrogens with zero attached hydrogens (tertiary/aromatic N) is 1. The van der Waals surface area contributed by atoms with Crippen LogP contribution in [0.2, 0.25) is 0 Å². The first kappa shape index (κ1) is 17.4. The molecule has 0 aromatic heterocycles. The summed E-state index contributed by atoms with van der Waals surface area (Å²) < 4.78 is 5.42. The van der Waals surface area contributed by atoms with Crippen LogP contribution in [0.4, 0.5) is 4.79 Å². The van der Waals surface area contributed by atoms with Gasteiger partial charge in [0.15, 0.2) is 0 Å². The van der Waals surface area contributed by atoms with Crippen molar-refractivity contribution in [1.29, 1.82) is 0 Å². The van der Waals surface area contributed by atoms with Crippen LogP contribution in [-0.4, -0.2) is 54.7 Å². The van der Waals surface area contributed by atoms with Crippen LogP contribution in [0.3, 0.4) is 0 Å². The number of nitrogens with one attached hydrogen (secondary N) is 1. The second kappa shape index (κ2) is 8.61. The van der Waals surface area contributed by atoms with Crippen molar-refractivity contribution in [3.8, 4) is 0 Å². The normalized spacial score (nSPS) is 15.3. The van der Waals surface area contributed by atoms with Gasteiger partial charge in [0.1, 0.15) is 0 Å². The van der Waals surface area contributed by atoms with Crippen LogP contribution in [0.15, 0.2) is 0 Å². The van der Waals surface area contributed by atoms with Gasteiger partial charge in [-0.25, -0.2) is 4.79 Å². The lowest BCUT2D eigenvalue weighted by atomic mass is 10.0. The number of hydrogen-bond donors (Lipinski definition) is 2. The van der Waals surface area contributed by atoms with Gasteiger partial charge in [-0.2, -0.15) is 0 Å². The summed E-state index contributed by atoms with van der Waals surface area (Å²) in [6, 6.07) is -0.488. The second-order valence-electron chi connectivity index (χ2n) is 5.70. The van der Waals surface area contributed by atoms with Gasteiger partial charge in [-0.15, -0.1) is 0 Å².